The molecule has 1 aliphatic heterocycles. The van der Waals surface area contributed by atoms with Gasteiger partial charge in [0.05, 0.1) is 6.61 Å². The van der Waals surface area contributed by atoms with Crippen LogP contribution in [0.4, 0.5) is 5.95 Å². The number of rotatable bonds is 3. The lowest BCUT2D eigenvalue weighted by Gasteiger charge is -2.30. The highest BCUT2D eigenvalue weighted by molar-refractivity contribution is 5.30. The third kappa shape index (κ3) is 2.48. The zero-order valence-corrected chi connectivity index (χ0v) is 9.21. The van der Waals surface area contributed by atoms with Gasteiger partial charge in [0.1, 0.15) is 0 Å². The second kappa shape index (κ2) is 5.23. The Morgan fingerprint density at radius 2 is 1.81 bits per heavy atom. The van der Waals surface area contributed by atoms with Crippen LogP contribution in [-0.2, 0) is 6.61 Å². The van der Waals surface area contributed by atoms with Gasteiger partial charge in [0.15, 0.2) is 0 Å². The van der Waals surface area contributed by atoms with E-state index >= 15 is 0 Å². The molecule has 2 N–H and O–H groups in total. The average molecular weight is 223 g/mol. The van der Waals surface area contributed by atoms with Gasteiger partial charge in [-0.05, 0) is 18.8 Å². The van der Waals surface area contributed by atoms with E-state index in [0.717, 1.165) is 31.5 Å². The Labute approximate surface area is 94.8 Å². The number of aliphatic hydroxyl groups is 2. The van der Waals surface area contributed by atoms with Crippen LogP contribution in [0.5, 0.6) is 0 Å². The maximum absolute atomic E-state index is 9.04. The van der Waals surface area contributed by atoms with Crippen LogP contribution in [0, 0.1) is 5.92 Å². The standard InChI is InChI=1S/C11H17N3O2/c15-7-9-1-3-14(4-2-9)11-12-5-10(8-16)6-13-11/h5-6,9,15-16H,1-4,7-8H2. The highest BCUT2D eigenvalue weighted by atomic mass is 16.3. The Kier molecular flexibility index (Phi) is 3.69. The van der Waals surface area contributed by atoms with Crippen molar-refractivity contribution in [2.24, 2.45) is 5.92 Å². The molecule has 0 atom stereocenters. The van der Waals surface area contributed by atoms with Crippen LogP contribution >= 0.6 is 0 Å². The van der Waals surface area contributed by atoms with E-state index in [0.29, 0.717) is 11.9 Å². The highest BCUT2D eigenvalue weighted by Crippen LogP contribution is 2.19. The predicted molar refractivity (Wildman–Crippen MR) is 60.0 cm³/mol. The molecular formula is C11H17N3O2. The first-order chi connectivity index (χ1) is 7.83. The van der Waals surface area contributed by atoms with Gasteiger partial charge in [-0.1, -0.05) is 0 Å². The fourth-order valence-electron chi connectivity index (χ4n) is 1.91. The number of piperidine rings is 1. The Hall–Kier alpha value is -1.20. The first-order valence-corrected chi connectivity index (χ1v) is 5.61. The third-order valence-electron chi connectivity index (χ3n) is 3.03. The molecule has 0 aliphatic carbocycles. The fourth-order valence-corrected chi connectivity index (χ4v) is 1.91. The topological polar surface area (TPSA) is 69.5 Å². The quantitative estimate of drug-likeness (QED) is 0.765. The number of anilines is 1. The molecule has 5 heteroatoms. The van der Waals surface area contributed by atoms with Crippen LogP contribution in [-0.4, -0.2) is 39.9 Å². The molecule has 2 heterocycles. The van der Waals surface area contributed by atoms with Crippen LogP contribution in [0.25, 0.3) is 0 Å². The second-order valence-corrected chi connectivity index (χ2v) is 4.16. The molecule has 1 saturated heterocycles. The summed E-state index contributed by atoms with van der Waals surface area (Å²) >= 11 is 0. The van der Waals surface area contributed by atoms with Crippen LogP contribution in [0.1, 0.15) is 18.4 Å². The van der Waals surface area contributed by atoms with Gasteiger partial charge in [-0.3, -0.25) is 0 Å². The lowest BCUT2D eigenvalue weighted by molar-refractivity contribution is 0.202. The molecule has 1 aliphatic rings. The summed E-state index contributed by atoms with van der Waals surface area (Å²) in [7, 11) is 0. The van der Waals surface area contributed by atoms with Gasteiger partial charge in [0.25, 0.3) is 0 Å². The Morgan fingerprint density at radius 1 is 1.19 bits per heavy atom. The summed E-state index contributed by atoms with van der Waals surface area (Å²) in [6.45, 7) is 2.04. The summed E-state index contributed by atoms with van der Waals surface area (Å²) in [6, 6.07) is 0. The zero-order chi connectivity index (χ0) is 11.4. The molecular weight excluding hydrogens is 206 g/mol. The van der Waals surface area contributed by atoms with Gasteiger partial charge in [0, 0.05) is 37.7 Å². The summed E-state index contributed by atoms with van der Waals surface area (Å²) in [5.74, 6) is 1.14. The van der Waals surface area contributed by atoms with E-state index in [1.807, 2.05) is 0 Å². The first-order valence-electron chi connectivity index (χ1n) is 5.61. The molecule has 0 unspecified atom stereocenters. The minimum atomic E-state index is -0.0210. The summed E-state index contributed by atoms with van der Waals surface area (Å²) < 4.78 is 0. The molecule has 2 rings (SSSR count). The monoisotopic (exact) mass is 223 g/mol. The van der Waals surface area contributed by atoms with E-state index in [1.54, 1.807) is 12.4 Å². The summed E-state index contributed by atoms with van der Waals surface area (Å²) in [5.41, 5.74) is 0.731. The van der Waals surface area contributed by atoms with Crippen molar-refractivity contribution in [3.63, 3.8) is 0 Å². The highest BCUT2D eigenvalue weighted by Gasteiger charge is 2.19. The van der Waals surface area contributed by atoms with Crippen LogP contribution in [0.2, 0.25) is 0 Å². The van der Waals surface area contributed by atoms with Crippen LogP contribution in [0.3, 0.4) is 0 Å². The lowest BCUT2D eigenvalue weighted by atomic mass is 9.98. The van der Waals surface area contributed by atoms with E-state index < -0.39 is 0 Å². The third-order valence-corrected chi connectivity index (χ3v) is 3.03. The molecule has 0 spiro atoms. The Bertz CT molecular complexity index is 321. The number of hydrogen-bond donors (Lipinski definition) is 2. The molecule has 0 bridgehead atoms. The lowest BCUT2D eigenvalue weighted by Crippen LogP contribution is -2.35. The predicted octanol–water partition coefficient (Wildman–Crippen LogP) is 0.178. The molecule has 0 aromatic carbocycles. The molecule has 0 saturated carbocycles. The largest absolute Gasteiger partial charge is 0.396 e. The number of nitrogens with zero attached hydrogens (tertiary/aromatic N) is 3. The van der Waals surface area contributed by atoms with Crippen molar-refractivity contribution in [1.82, 2.24) is 9.97 Å². The van der Waals surface area contributed by atoms with Gasteiger partial charge < -0.3 is 15.1 Å². The van der Waals surface area contributed by atoms with Crippen molar-refractivity contribution in [3.05, 3.63) is 18.0 Å². The fraction of sp³-hybridized carbons (Fsp3) is 0.636. The summed E-state index contributed by atoms with van der Waals surface area (Å²) in [4.78, 5) is 10.6. The maximum Gasteiger partial charge on any atom is 0.225 e. The number of hydrogen-bond acceptors (Lipinski definition) is 5. The molecule has 0 radical (unpaired) electrons. The average Bonchev–Trinajstić information content (AvgIpc) is 2.39. The Balaban J connectivity index is 1.97. The Morgan fingerprint density at radius 3 is 2.31 bits per heavy atom. The van der Waals surface area contributed by atoms with Gasteiger partial charge in [-0.25, -0.2) is 9.97 Å². The van der Waals surface area contributed by atoms with Crippen LogP contribution in [0.15, 0.2) is 12.4 Å². The number of aliphatic hydroxyl groups excluding tert-OH is 2. The molecule has 5 nitrogen and oxygen atoms in total. The summed E-state index contributed by atoms with van der Waals surface area (Å²) in [5, 5.41) is 17.9. The smallest absolute Gasteiger partial charge is 0.225 e. The van der Waals surface area contributed by atoms with Gasteiger partial charge >= 0.3 is 0 Å². The minimum Gasteiger partial charge on any atom is -0.396 e. The van der Waals surface area contributed by atoms with Gasteiger partial charge in [-0.15, -0.1) is 0 Å². The summed E-state index contributed by atoms with van der Waals surface area (Å²) in [6.07, 6.45) is 5.28. The minimum absolute atomic E-state index is 0.0210. The molecule has 0 amide bonds. The second-order valence-electron chi connectivity index (χ2n) is 4.16. The molecule has 88 valence electrons. The zero-order valence-electron chi connectivity index (χ0n) is 9.21. The van der Waals surface area contributed by atoms with Crippen molar-refractivity contribution < 1.29 is 10.2 Å². The normalized spacial score (nSPS) is 17.8. The van der Waals surface area contributed by atoms with Crippen molar-refractivity contribution in [2.75, 3.05) is 24.6 Å². The first kappa shape index (κ1) is 11.3. The van der Waals surface area contributed by atoms with Crippen molar-refractivity contribution in [1.29, 1.82) is 0 Å². The van der Waals surface area contributed by atoms with E-state index in [2.05, 4.69) is 14.9 Å². The van der Waals surface area contributed by atoms with E-state index in [9.17, 15) is 0 Å². The van der Waals surface area contributed by atoms with Crippen LogP contribution < -0.4 is 4.90 Å². The van der Waals surface area contributed by atoms with Crippen molar-refractivity contribution in [2.45, 2.75) is 19.4 Å². The van der Waals surface area contributed by atoms with E-state index in [4.69, 9.17) is 10.2 Å². The van der Waals surface area contributed by atoms with Gasteiger partial charge in [-0.2, -0.15) is 0 Å². The molecule has 16 heavy (non-hydrogen) atoms. The van der Waals surface area contributed by atoms with E-state index in [-0.39, 0.29) is 13.2 Å². The maximum atomic E-state index is 9.04. The van der Waals surface area contributed by atoms with Crippen molar-refractivity contribution >= 4 is 5.95 Å². The number of aromatic nitrogens is 2. The molecule has 1 aromatic rings. The van der Waals surface area contributed by atoms with Gasteiger partial charge in [0.2, 0.25) is 5.95 Å². The van der Waals surface area contributed by atoms with E-state index in [1.165, 1.54) is 0 Å². The molecule has 1 aromatic heterocycles. The molecule has 1 fully saturated rings. The SMILES string of the molecule is OCc1cnc(N2CCC(CO)CC2)nc1. The van der Waals surface area contributed by atoms with Crippen molar-refractivity contribution in [3.8, 4) is 0 Å².